The Kier molecular flexibility index (Phi) is 5.09. The Morgan fingerprint density at radius 2 is 2.12 bits per heavy atom. The molecule has 140 valence electrons. The number of sulfonamides is 1. The molecule has 1 aliphatic rings. The number of hydrogen-bond acceptors (Lipinski definition) is 4. The molecule has 26 heavy (non-hydrogen) atoms. The fraction of sp³-hybridized carbons (Fsp3) is 0.412. The summed E-state index contributed by atoms with van der Waals surface area (Å²) >= 11 is 6.21. The van der Waals surface area contributed by atoms with Gasteiger partial charge in [0.25, 0.3) is 5.91 Å². The minimum absolute atomic E-state index is 0.0578. The van der Waals surface area contributed by atoms with Gasteiger partial charge in [0.1, 0.15) is 0 Å². The lowest BCUT2D eigenvalue weighted by Gasteiger charge is -2.27. The summed E-state index contributed by atoms with van der Waals surface area (Å²) in [5.41, 5.74) is 2.18. The van der Waals surface area contributed by atoms with Gasteiger partial charge in [-0.25, -0.2) is 8.42 Å². The van der Waals surface area contributed by atoms with Crippen molar-refractivity contribution in [2.75, 3.05) is 13.6 Å². The van der Waals surface area contributed by atoms with Gasteiger partial charge in [-0.2, -0.15) is 9.40 Å². The van der Waals surface area contributed by atoms with E-state index in [-0.39, 0.29) is 27.4 Å². The smallest absolute Gasteiger partial charge is 0.255 e. The molecule has 2 heterocycles. The highest BCUT2D eigenvalue weighted by Crippen LogP contribution is 2.26. The van der Waals surface area contributed by atoms with Crippen LogP contribution in [0.25, 0.3) is 0 Å². The first-order valence-corrected chi connectivity index (χ1v) is 10.1. The lowest BCUT2D eigenvalue weighted by Crippen LogP contribution is -2.36. The lowest BCUT2D eigenvalue weighted by atomic mass is 10.1. The van der Waals surface area contributed by atoms with E-state index in [1.54, 1.807) is 24.9 Å². The van der Waals surface area contributed by atoms with E-state index in [4.69, 9.17) is 11.6 Å². The maximum atomic E-state index is 12.9. The van der Waals surface area contributed by atoms with Gasteiger partial charge in [0.15, 0.2) is 0 Å². The number of hydrogen-bond donors (Lipinski definition) is 1. The first kappa shape index (κ1) is 18.9. The van der Waals surface area contributed by atoms with E-state index in [2.05, 4.69) is 10.2 Å². The number of carbonyl (C=O) groups is 1. The molecule has 0 bridgehead atoms. The van der Waals surface area contributed by atoms with Gasteiger partial charge in [0, 0.05) is 43.9 Å². The van der Waals surface area contributed by atoms with E-state index in [0.29, 0.717) is 19.5 Å². The molecule has 7 nitrogen and oxygen atoms in total. The highest BCUT2D eigenvalue weighted by molar-refractivity contribution is 7.89. The molecule has 0 aliphatic carbocycles. The number of amides is 1. The van der Waals surface area contributed by atoms with Gasteiger partial charge in [-0.3, -0.25) is 9.89 Å². The van der Waals surface area contributed by atoms with Crippen molar-refractivity contribution in [3.63, 3.8) is 0 Å². The molecule has 0 saturated heterocycles. The maximum Gasteiger partial charge on any atom is 0.255 e. The van der Waals surface area contributed by atoms with Crippen LogP contribution in [0.15, 0.2) is 29.3 Å². The summed E-state index contributed by atoms with van der Waals surface area (Å²) in [7, 11) is -2.18. The topological polar surface area (TPSA) is 86.4 Å². The Hall–Kier alpha value is -1.90. The summed E-state index contributed by atoms with van der Waals surface area (Å²) in [6.45, 7) is 4.52. The van der Waals surface area contributed by atoms with Crippen molar-refractivity contribution in [1.29, 1.82) is 0 Å². The fourth-order valence-corrected chi connectivity index (χ4v) is 4.43. The molecular formula is C17H21ClN4O3S. The number of benzene rings is 1. The SMILES string of the molecule is CC(C)N(C)S(=O)(=O)c1ccc(Cl)c(C(=O)N2CCc3[nH]ncc3C2)c1. The van der Waals surface area contributed by atoms with Crippen LogP contribution in [0.4, 0.5) is 0 Å². The molecule has 1 aromatic carbocycles. The quantitative estimate of drug-likeness (QED) is 0.859. The minimum atomic E-state index is -3.69. The Morgan fingerprint density at radius 1 is 1.38 bits per heavy atom. The zero-order chi connectivity index (χ0) is 19.1. The van der Waals surface area contributed by atoms with Gasteiger partial charge >= 0.3 is 0 Å². The molecule has 3 rings (SSSR count). The Morgan fingerprint density at radius 3 is 2.81 bits per heavy atom. The second kappa shape index (κ2) is 7.02. The van der Waals surface area contributed by atoms with Crippen LogP contribution in [0.3, 0.4) is 0 Å². The number of H-pyrrole nitrogens is 1. The van der Waals surface area contributed by atoms with E-state index in [1.807, 2.05) is 0 Å². The zero-order valence-electron chi connectivity index (χ0n) is 14.9. The number of rotatable bonds is 4. The molecule has 1 aromatic heterocycles. The largest absolute Gasteiger partial charge is 0.334 e. The Balaban J connectivity index is 1.92. The number of aromatic nitrogens is 2. The molecular weight excluding hydrogens is 376 g/mol. The zero-order valence-corrected chi connectivity index (χ0v) is 16.4. The Labute approximate surface area is 158 Å². The van der Waals surface area contributed by atoms with E-state index in [1.165, 1.54) is 29.6 Å². The predicted molar refractivity (Wildman–Crippen MR) is 98.6 cm³/mol. The fourth-order valence-electron chi connectivity index (χ4n) is 2.84. The van der Waals surface area contributed by atoms with Crippen LogP contribution in [0.5, 0.6) is 0 Å². The molecule has 1 aliphatic heterocycles. The van der Waals surface area contributed by atoms with Crippen LogP contribution in [0, 0.1) is 0 Å². The number of aromatic amines is 1. The van der Waals surface area contributed by atoms with E-state index < -0.39 is 10.0 Å². The van der Waals surface area contributed by atoms with Crippen LogP contribution in [0.1, 0.15) is 35.5 Å². The summed E-state index contributed by atoms with van der Waals surface area (Å²) in [5.74, 6) is -0.286. The van der Waals surface area contributed by atoms with Crippen molar-refractivity contribution in [1.82, 2.24) is 19.4 Å². The average molecular weight is 397 g/mol. The van der Waals surface area contributed by atoms with Gasteiger partial charge in [-0.15, -0.1) is 0 Å². The van der Waals surface area contributed by atoms with Crippen molar-refractivity contribution in [3.05, 3.63) is 46.2 Å². The molecule has 9 heteroatoms. The molecule has 1 amide bonds. The van der Waals surface area contributed by atoms with Gasteiger partial charge in [-0.05, 0) is 32.0 Å². The van der Waals surface area contributed by atoms with E-state index in [9.17, 15) is 13.2 Å². The van der Waals surface area contributed by atoms with Crippen LogP contribution < -0.4 is 0 Å². The number of halogens is 1. The molecule has 0 radical (unpaired) electrons. The first-order valence-electron chi connectivity index (χ1n) is 8.29. The molecule has 2 aromatic rings. The number of nitrogens with one attached hydrogen (secondary N) is 1. The summed E-state index contributed by atoms with van der Waals surface area (Å²) in [4.78, 5) is 14.6. The number of carbonyl (C=O) groups excluding carboxylic acids is 1. The molecule has 0 spiro atoms. The van der Waals surface area contributed by atoms with Gasteiger partial charge in [0.2, 0.25) is 10.0 Å². The monoisotopic (exact) mass is 396 g/mol. The van der Waals surface area contributed by atoms with Gasteiger partial charge in [-0.1, -0.05) is 11.6 Å². The van der Waals surface area contributed by atoms with Crippen LogP contribution in [0.2, 0.25) is 5.02 Å². The summed E-state index contributed by atoms with van der Waals surface area (Å²) in [6.07, 6.45) is 2.38. The average Bonchev–Trinajstić information content (AvgIpc) is 3.08. The maximum absolute atomic E-state index is 12.9. The second-order valence-electron chi connectivity index (χ2n) is 6.61. The summed E-state index contributed by atoms with van der Waals surface area (Å²) < 4.78 is 26.7. The van der Waals surface area contributed by atoms with Crippen molar-refractivity contribution < 1.29 is 13.2 Å². The van der Waals surface area contributed by atoms with Crippen molar-refractivity contribution >= 4 is 27.5 Å². The second-order valence-corrected chi connectivity index (χ2v) is 9.01. The Bertz CT molecular complexity index is 939. The third-order valence-electron chi connectivity index (χ3n) is 4.66. The summed E-state index contributed by atoms with van der Waals surface area (Å²) in [6, 6.07) is 4.06. The molecule has 0 fully saturated rings. The highest BCUT2D eigenvalue weighted by atomic mass is 35.5. The summed E-state index contributed by atoms with van der Waals surface area (Å²) in [5, 5.41) is 7.15. The van der Waals surface area contributed by atoms with E-state index in [0.717, 1.165) is 11.3 Å². The highest BCUT2D eigenvalue weighted by Gasteiger charge is 2.28. The molecule has 1 N–H and O–H groups in total. The normalized spacial score (nSPS) is 14.8. The first-order chi connectivity index (χ1) is 12.2. The lowest BCUT2D eigenvalue weighted by molar-refractivity contribution is 0.0734. The van der Waals surface area contributed by atoms with Crippen molar-refractivity contribution in [2.24, 2.45) is 0 Å². The minimum Gasteiger partial charge on any atom is -0.334 e. The third-order valence-corrected chi connectivity index (χ3v) is 7.02. The third kappa shape index (κ3) is 3.36. The van der Waals surface area contributed by atoms with Crippen molar-refractivity contribution in [2.45, 2.75) is 37.8 Å². The van der Waals surface area contributed by atoms with Crippen molar-refractivity contribution in [3.8, 4) is 0 Å². The number of nitrogens with zero attached hydrogens (tertiary/aromatic N) is 3. The molecule has 0 unspecified atom stereocenters. The molecule has 0 atom stereocenters. The number of fused-ring (bicyclic) bond motifs is 1. The van der Waals surface area contributed by atoms with Gasteiger partial charge < -0.3 is 4.90 Å². The van der Waals surface area contributed by atoms with Crippen LogP contribution in [-0.4, -0.2) is 53.4 Å². The van der Waals surface area contributed by atoms with Crippen LogP contribution in [-0.2, 0) is 23.0 Å². The standard InChI is InChI=1S/C17H21ClN4O3S/c1-11(2)21(3)26(24,25)13-4-5-15(18)14(8-13)17(23)22-7-6-16-12(10-22)9-19-20-16/h4-5,8-9,11H,6-7,10H2,1-3H3,(H,19,20). The molecule has 0 saturated carbocycles. The van der Waals surface area contributed by atoms with E-state index >= 15 is 0 Å². The predicted octanol–water partition coefficient (Wildman–Crippen LogP) is 2.29. The van der Waals surface area contributed by atoms with Gasteiger partial charge in [0.05, 0.1) is 21.7 Å². The van der Waals surface area contributed by atoms with Crippen LogP contribution >= 0.6 is 11.6 Å².